The fraction of sp³-hybridized carbons (Fsp3) is 0.571. The van der Waals surface area contributed by atoms with E-state index in [-0.39, 0.29) is 34.5 Å². The number of carbonyl (C=O) groups excluding carboxylic acids is 2. The molecule has 4 heterocycles. The van der Waals surface area contributed by atoms with Crippen LogP contribution in [0.2, 0.25) is 5.15 Å². The smallest absolute Gasteiger partial charge is 0.419 e. The molecule has 0 N–H and O–H groups in total. The third kappa shape index (κ3) is 4.00. The second kappa shape index (κ2) is 8.46. The van der Waals surface area contributed by atoms with Crippen molar-refractivity contribution < 1.29 is 27.5 Å². The number of carbonyl (C=O) groups is 2. The number of halogens is 4. The minimum Gasteiger partial charge on any atom is -0.448 e. The minimum absolute atomic E-state index is 0.0273. The summed E-state index contributed by atoms with van der Waals surface area (Å²) < 4.78 is 47.4. The van der Waals surface area contributed by atoms with Gasteiger partial charge in [0.05, 0.1) is 12.1 Å². The Morgan fingerprint density at radius 2 is 2.00 bits per heavy atom. The van der Waals surface area contributed by atoms with Crippen LogP contribution >= 0.6 is 11.6 Å². The van der Waals surface area contributed by atoms with Crippen LogP contribution in [0.4, 0.5) is 18.0 Å². The number of ether oxygens (including phenoxy) is 1. The lowest BCUT2D eigenvalue weighted by molar-refractivity contribution is -0.136. The summed E-state index contributed by atoms with van der Waals surface area (Å²) in [7, 11) is 0. The highest BCUT2D eigenvalue weighted by Gasteiger charge is 2.38. The molecule has 11 heteroatoms. The fourth-order valence-electron chi connectivity index (χ4n) is 4.26. The molecule has 2 amide bonds. The Kier molecular flexibility index (Phi) is 6.00. The van der Waals surface area contributed by atoms with Crippen molar-refractivity contribution in [3.63, 3.8) is 0 Å². The van der Waals surface area contributed by atoms with Crippen LogP contribution in [0, 0.1) is 0 Å². The maximum absolute atomic E-state index is 13.8. The lowest BCUT2D eigenvalue weighted by Crippen LogP contribution is -2.47. The van der Waals surface area contributed by atoms with E-state index in [1.165, 1.54) is 11.1 Å². The van der Waals surface area contributed by atoms with Gasteiger partial charge in [-0.2, -0.15) is 13.2 Å². The quantitative estimate of drug-likeness (QED) is 0.653. The van der Waals surface area contributed by atoms with Crippen molar-refractivity contribution in [1.82, 2.24) is 19.2 Å². The topological polar surface area (TPSA) is 67.2 Å². The van der Waals surface area contributed by atoms with E-state index in [2.05, 4.69) is 4.98 Å². The van der Waals surface area contributed by atoms with Crippen LogP contribution in [0.25, 0.3) is 5.65 Å². The van der Waals surface area contributed by atoms with Crippen LogP contribution in [0.5, 0.6) is 0 Å². The number of amides is 2. The summed E-state index contributed by atoms with van der Waals surface area (Å²) in [4.78, 5) is 32.1. The Balaban J connectivity index is 1.62. The molecule has 7 nitrogen and oxygen atoms in total. The van der Waals surface area contributed by atoms with Crippen molar-refractivity contribution >= 4 is 29.2 Å². The molecular formula is C21H24ClF3N4O3. The second-order valence-corrected chi connectivity index (χ2v) is 8.63. The van der Waals surface area contributed by atoms with Gasteiger partial charge in [0, 0.05) is 25.3 Å². The van der Waals surface area contributed by atoms with Gasteiger partial charge in [0.15, 0.2) is 11.3 Å². The van der Waals surface area contributed by atoms with Gasteiger partial charge in [0.1, 0.15) is 11.8 Å². The molecule has 0 aromatic carbocycles. The molecular weight excluding hydrogens is 449 g/mol. The Bertz CT molecular complexity index is 1050. The number of piperidine rings is 1. The van der Waals surface area contributed by atoms with Crippen molar-refractivity contribution in [2.75, 3.05) is 26.2 Å². The van der Waals surface area contributed by atoms with Crippen molar-refractivity contribution in [3.05, 3.63) is 34.2 Å². The monoisotopic (exact) mass is 472 g/mol. The number of rotatable bonds is 4. The lowest BCUT2D eigenvalue weighted by atomic mass is 9.99. The number of pyridine rings is 1. The Morgan fingerprint density at radius 1 is 1.31 bits per heavy atom. The molecule has 0 spiro atoms. The first-order valence-corrected chi connectivity index (χ1v) is 11.0. The van der Waals surface area contributed by atoms with Gasteiger partial charge >= 0.3 is 12.3 Å². The molecule has 0 aliphatic carbocycles. The first-order chi connectivity index (χ1) is 15.1. The third-order valence-corrected chi connectivity index (χ3v) is 6.72. The maximum atomic E-state index is 13.8. The van der Waals surface area contributed by atoms with E-state index in [0.717, 1.165) is 10.5 Å². The number of imidazole rings is 1. The summed E-state index contributed by atoms with van der Waals surface area (Å²) in [6, 6.07) is 1.06. The third-order valence-electron chi connectivity index (χ3n) is 6.36. The predicted octanol–water partition coefficient (Wildman–Crippen LogP) is 4.58. The largest absolute Gasteiger partial charge is 0.448 e. The van der Waals surface area contributed by atoms with Gasteiger partial charge < -0.3 is 14.5 Å². The molecule has 1 atom stereocenters. The summed E-state index contributed by atoms with van der Waals surface area (Å²) >= 11 is 6.38. The summed E-state index contributed by atoms with van der Waals surface area (Å²) in [6.07, 6.45) is -1.70. The normalized spacial score (nSPS) is 19.0. The first-order valence-electron chi connectivity index (χ1n) is 10.6. The molecule has 2 aromatic rings. The number of hydrogen-bond donors (Lipinski definition) is 0. The highest BCUT2D eigenvalue weighted by molar-refractivity contribution is 6.33. The van der Waals surface area contributed by atoms with Crippen LogP contribution in [0.15, 0.2) is 12.3 Å². The lowest BCUT2D eigenvalue weighted by Gasteiger charge is -2.35. The molecule has 1 unspecified atom stereocenters. The standard InChI is InChI=1S/C21H24ClF3N4O3/c1-3-12(2)13-10-15(21(23,24)25)18-26-16(17(22)29(18)11-13)19(30)27-6-4-14(5-7-27)28-8-9-32-20(28)31/h10-12,14H,3-9H2,1-2H3. The van der Waals surface area contributed by atoms with Gasteiger partial charge in [-0.1, -0.05) is 25.4 Å². The molecule has 0 bridgehead atoms. The first kappa shape index (κ1) is 22.7. The molecule has 174 valence electrons. The van der Waals surface area contributed by atoms with Crippen molar-refractivity contribution in [3.8, 4) is 0 Å². The molecule has 2 aromatic heterocycles. The van der Waals surface area contributed by atoms with Gasteiger partial charge in [0.2, 0.25) is 0 Å². The number of aromatic nitrogens is 2. The number of likely N-dealkylation sites (tertiary alicyclic amines) is 1. The maximum Gasteiger partial charge on any atom is 0.419 e. The molecule has 32 heavy (non-hydrogen) atoms. The summed E-state index contributed by atoms with van der Waals surface area (Å²) in [5.74, 6) is -0.631. The van der Waals surface area contributed by atoms with Crippen molar-refractivity contribution in [2.24, 2.45) is 0 Å². The van der Waals surface area contributed by atoms with Gasteiger partial charge in [-0.15, -0.1) is 0 Å². The van der Waals surface area contributed by atoms with E-state index in [9.17, 15) is 22.8 Å². The zero-order chi connectivity index (χ0) is 23.2. The molecule has 2 aliphatic heterocycles. The van der Waals surface area contributed by atoms with E-state index in [0.29, 0.717) is 51.1 Å². The predicted molar refractivity (Wildman–Crippen MR) is 111 cm³/mol. The molecule has 0 saturated carbocycles. The van der Waals surface area contributed by atoms with Crippen LogP contribution in [-0.4, -0.2) is 63.5 Å². The Morgan fingerprint density at radius 3 is 2.56 bits per heavy atom. The van der Waals surface area contributed by atoms with Crippen LogP contribution < -0.4 is 0 Å². The Hall–Kier alpha value is -2.49. The number of hydrogen-bond acceptors (Lipinski definition) is 4. The van der Waals surface area contributed by atoms with Gasteiger partial charge in [0.25, 0.3) is 5.91 Å². The van der Waals surface area contributed by atoms with Crippen molar-refractivity contribution in [1.29, 1.82) is 0 Å². The van der Waals surface area contributed by atoms with Gasteiger partial charge in [-0.3, -0.25) is 9.20 Å². The van der Waals surface area contributed by atoms with E-state index in [1.807, 2.05) is 13.8 Å². The van der Waals surface area contributed by atoms with E-state index >= 15 is 0 Å². The van der Waals surface area contributed by atoms with E-state index in [1.54, 1.807) is 4.90 Å². The van der Waals surface area contributed by atoms with Gasteiger partial charge in [-0.05, 0) is 36.8 Å². The molecule has 2 fully saturated rings. The molecule has 2 aliphatic rings. The zero-order valence-corrected chi connectivity index (χ0v) is 18.5. The Labute approximate surface area is 188 Å². The second-order valence-electron chi connectivity index (χ2n) is 8.27. The summed E-state index contributed by atoms with van der Waals surface area (Å²) in [5, 5.41) is -0.133. The van der Waals surface area contributed by atoms with E-state index < -0.39 is 17.6 Å². The van der Waals surface area contributed by atoms with Crippen LogP contribution in [0.3, 0.4) is 0 Å². The molecule has 4 rings (SSSR count). The van der Waals surface area contributed by atoms with Crippen molar-refractivity contribution in [2.45, 2.75) is 51.2 Å². The average Bonchev–Trinajstić information content (AvgIpc) is 3.34. The summed E-state index contributed by atoms with van der Waals surface area (Å²) in [6.45, 7) is 5.30. The van der Waals surface area contributed by atoms with E-state index in [4.69, 9.17) is 16.3 Å². The summed E-state index contributed by atoms with van der Waals surface area (Å²) in [5.41, 5.74) is -1.02. The SMILES string of the molecule is CCC(C)c1cc(C(F)(F)F)c2nc(C(=O)N3CCC(N4CCOC4=O)CC3)c(Cl)n2c1. The van der Waals surface area contributed by atoms with Gasteiger partial charge in [-0.25, -0.2) is 9.78 Å². The van der Waals surface area contributed by atoms with Crippen LogP contribution in [0.1, 0.15) is 60.6 Å². The molecule has 0 radical (unpaired) electrons. The van der Waals surface area contributed by atoms with Crippen LogP contribution in [-0.2, 0) is 10.9 Å². The fourth-order valence-corrected chi connectivity index (χ4v) is 4.51. The number of nitrogens with zero attached hydrogens (tertiary/aromatic N) is 4. The minimum atomic E-state index is -4.64. The average molecular weight is 473 g/mol. The molecule has 2 saturated heterocycles. The zero-order valence-electron chi connectivity index (χ0n) is 17.8. The highest BCUT2D eigenvalue weighted by atomic mass is 35.5. The number of cyclic esters (lactones) is 1. The number of alkyl halides is 3. The number of fused-ring (bicyclic) bond motifs is 1. The highest BCUT2D eigenvalue weighted by Crippen LogP contribution is 2.37.